The van der Waals surface area contributed by atoms with Gasteiger partial charge in [-0.3, -0.25) is 0 Å². The Morgan fingerprint density at radius 3 is 2.62 bits per heavy atom. The third kappa shape index (κ3) is 5.39. The molecule has 0 aromatic heterocycles. The standard InChI is InChI=1S/C19H22ClN3O3/c1-4-25-17-11-14(10-15(20)18(17)26-5-2)12-21-23-19(24)22-16-9-7-6-8-13(16)3/h6-12H,4-5H2,1-3H3,(H2,22,23,24)/b21-12-. The summed E-state index contributed by atoms with van der Waals surface area (Å²) in [5, 5.41) is 7.09. The van der Waals surface area contributed by atoms with Crippen molar-refractivity contribution in [2.75, 3.05) is 18.5 Å². The van der Waals surface area contributed by atoms with Crippen LogP contribution in [0.25, 0.3) is 0 Å². The summed E-state index contributed by atoms with van der Waals surface area (Å²) in [6, 6.07) is 10.5. The van der Waals surface area contributed by atoms with Crippen molar-refractivity contribution in [1.82, 2.24) is 5.43 Å². The summed E-state index contributed by atoms with van der Waals surface area (Å²) in [6.45, 7) is 6.62. The van der Waals surface area contributed by atoms with E-state index in [1.807, 2.05) is 45.0 Å². The Bertz CT molecular complexity index is 794. The molecule has 0 unspecified atom stereocenters. The van der Waals surface area contributed by atoms with Crippen molar-refractivity contribution in [2.24, 2.45) is 5.10 Å². The zero-order chi connectivity index (χ0) is 18.9. The van der Waals surface area contributed by atoms with Gasteiger partial charge < -0.3 is 14.8 Å². The quantitative estimate of drug-likeness (QED) is 0.548. The van der Waals surface area contributed by atoms with Crippen molar-refractivity contribution < 1.29 is 14.3 Å². The molecule has 138 valence electrons. The van der Waals surface area contributed by atoms with Crippen LogP contribution in [0.2, 0.25) is 5.02 Å². The van der Waals surface area contributed by atoms with E-state index in [9.17, 15) is 4.79 Å². The molecule has 0 fully saturated rings. The molecule has 0 saturated heterocycles. The van der Waals surface area contributed by atoms with Gasteiger partial charge in [-0.05, 0) is 50.1 Å². The van der Waals surface area contributed by atoms with E-state index in [4.69, 9.17) is 21.1 Å². The second kappa shape index (κ2) is 9.68. The molecule has 0 bridgehead atoms. The lowest BCUT2D eigenvalue weighted by molar-refractivity contribution is 0.252. The molecule has 0 heterocycles. The van der Waals surface area contributed by atoms with Gasteiger partial charge in [0, 0.05) is 5.69 Å². The fourth-order valence-electron chi connectivity index (χ4n) is 2.24. The lowest BCUT2D eigenvalue weighted by Crippen LogP contribution is -2.24. The van der Waals surface area contributed by atoms with Gasteiger partial charge in [0.1, 0.15) is 0 Å². The van der Waals surface area contributed by atoms with Crippen LogP contribution < -0.4 is 20.2 Å². The van der Waals surface area contributed by atoms with E-state index >= 15 is 0 Å². The second-order valence-electron chi connectivity index (χ2n) is 5.34. The van der Waals surface area contributed by atoms with Crippen molar-refractivity contribution in [2.45, 2.75) is 20.8 Å². The number of nitrogens with zero attached hydrogens (tertiary/aromatic N) is 1. The van der Waals surface area contributed by atoms with Crippen LogP contribution in [0.4, 0.5) is 10.5 Å². The predicted molar refractivity (Wildman–Crippen MR) is 105 cm³/mol. The molecule has 2 aromatic carbocycles. The first-order valence-electron chi connectivity index (χ1n) is 8.30. The van der Waals surface area contributed by atoms with Crippen LogP contribution in [0, 0.1) is 6.92 Å². The molecule has 0 aliphatic heterocycles. The summed E-state index contributed by atoms with van der Waals surface area (Å²) in [5.74, 6) is 1.03. The number of ether oxygens (including phenoxy) is 2. The Balaban J connectivity index is 2.05. The average Bonchev–Trinajstić information content (AvgIpc) is 2.60. The van der Waals surface area contributed by atoms with Crippen LogP contribution in [0.1, 0.15) is 25.0 Å². The highest BCUT2D eigenvalue weighted by Crippen LogP contribution is 2.36. The number of carbonyl (C=O) groups is 1. The number of amides is 2. The number of carbonyl (C=O) groups excluding carboxylic acids is 1. The number of anilines is 1. The van der Waals surface area contributed by atoms with Crippen LogP contribution in [0.15, 0.2) is 41.5 Å². The lowest BCUT2D eigenvalue weighted by Gasteiger charge is -2.13. The molecule has 6 nitrogen and oxygen atoms in total. The smallest absolute Gasteiger partial charge is 0.339 e. The highest BCUT2D eigenvalue weighted by atomic mass is 35.5. The molecule has 0 atom stereocenters. The van der Waals surface area contributed by atoms with Gasteiger partial charge in [0.2, 0.25) is 0 Å². The van der Waals surface area contributed by atoms with Crippen molar-refractivity contribution in [3.63, 3.8) is 0 Å². The van der Waals surface area contributed by atoms with E-state index < -0.39 is 6.03 Å². The molecule has 26 heavy (non-hydrogen) atoms. The number of nitrogens with one attached hydrogen (secondary N) is 2. The summed E-state index contributed by atoms with van der Waals surface area (Å²) in [6.07, 6.45) is 1.49. The van der Waals surface area contributed by atoms with E-state index in [-0.39, 0.29) is 0 Å². The molecular formula is C19H22ClN3O3. The van der Waals surface area contributed by atoms with E-state index in [1.165, 1.54) is 6.21 Å². The fraction of sp³-hybridized carbons (Fsp3) is 0.263. The van der Waals surface area contributed by atoms with Gasteiger partial charge in [0.25, 0.3) is 0 Å². The number of hydrogen-bond donors (Lipinski definition) is 2. The number of halogens is 1. The molecule has 0 spiro atoms. The van der Waals surface area contributed by atoms with Gasteiger partial charge in [-0.25, -0.2) is 10.2 Å². The number of urea groups is 1. The van der Waals surface area contributed by atoms with Crippen molar-refractivity contribution in [3.05, 3.63) is 52.5 Å². The first kappa shape index (κ1) is 19.6. The highest BCUT2D eigenvalue weighted by Gasteiger charge is 2.11. The Morgan fingerprint density at radius 1 is 1.19 bits per heavy atom. The summed E-state index contributed by atoms with van der Waals surface area (Å²) in [4.78, 5) is 11.9. The van der Waals surface area contributed by atoms with E-state index in [0.717, 1.165) is 11.3 Å². The zero-order valence-electron chi connectivity index (χ0n) is 15.0. The molecule has 0 saturated carbocycles. The normalized spacial score (nSPS) is 10.6. The second-order valence-corrected chi connectivity index (χ2v) is 5.74. The van der Waals surface area contributed by atoms with Gasteiger partial charge >= 0.3 is 6.03 Å². The van der Waals surface area contributed by atoms with E-state index in [2.05, 4.69) is 15.8 Å². The Labute approximate surface area is 158 Å². The molecule has 2 aromatic rings. The number of aryl methyl sites for hydroxylation is 1. The molecule has 0 aliphatic rings. The van der Waals surface area contributed by atoms with Crippen LogP contribution in [-0.2, 0) is 0 Å². The minimum absolute atomic E-state index is 0.420. The molecular weight excluding hydrogens is 354 g/mol. The first-order chi connectivity index (χ1) is 12.5. The van der Waals surface area contributed by atoms with Crippen LogP contribution >= 0.6 is 11.6 Å². The molecule has 2 amide bonds. The lowest BCUT2D eigenvalue weighted by atomic mass is 10.2. The number of benzene rings is 2. The number of para-hydroxylation sites is 1. The summed E-state index contributed by atoms with van der Waals surface area (Å²) >= 11 is 6.25. The van der Waals surface area contributed by atoms with Crippen LogP contribution in [0.3, 0.4) is 0 Å². The monoisotopic (exact) mass is 375 g/mol. The molecule has 2 rings (SSSR count). The molecule has 2 N–H and O–H groups in total. The minimum atomic E-state index is -0.433. The molecule has 7 heteroatoms. The zero-order valence-corrected chi connectivity index (χ0v) is 15.8. The van der Waals surface area contributed by atoms with Crippen molar-refractivity contribution in [1.29, 1.82) is 0 Å². The van der Waals surface area contributed by atoms with Crippen LogP contribution in [-0.4, -0.2) is 25.5 Å². The maximum atomic E-state index is 11.9. The Kier molecular flexibility index (Phi) is 7.29. The predicted octanol–water partition coefficient (Wildman–Crippen LogP) is 4.60. The minimum Gasteiger partial charge on any atom is -0.490 e. The van der Waals surface area contributed by atoms with Gasteiger partial charge in [-0.1, -0.05) is 29.8 Å². The fourth-order valence-corrected chi connectivity index (χ4v) is 2.51. The summed E-state index contributed by atoms with van der Waals surface area (Å²) in [5.41, 5.74) is 4.79. The molecule has 0 radical (unpaired) electrons. The van der Waals surface area contributed by atoms with Gasteiger partial charge in [-0.2, -0.15) is 5.10 Å². The third-order valence-corrected chi connectivity index (χ3v) is 3.67. The highest BCUT2D eigenvalue weighted by molar-refractivity contribution is 6.32. The maximum Gasteiger partial charge on any atom is 0.339 e. The summed E-state index contributed by atoms with van der Waals surface area (Å²) in [7, 11) is 0. The average molecular weight is 376 g/mol. The number of hydrogen-bond acceptors (Lipinski definition) is 4. The topological polar surface area (TPSA) is 72.0 Å². The van der Waals surface area contributed by atoms with E-state index in [1.54, 1.807) is 12.1 Å². The van der Waals surface area contributed by atoms with Gasteiger partial charge in [0.05, 0.1) is 24.5 Å². The summed E-state index contributed by atoms with van der Waals surface area (Å²) < 4.78 is 11.1. The molecule has 0 aliphatic carbocycles. The maximum absolute atomic E-state index is 11.9. The van der Waals surface area contributed by atoms with Crippen molar-refractivity contribution in [3.8, 4) is 11.5 Å². The van der Waals surface area contributed by atoms with Gasteiger partial charge in [-0.15, -0.1) is 0 Å². The van der Waals surface area contributed by atoms with Crippen molar-refractivity contribution >= 4 is 29.5 Å². The Hall–Kier alpha value is -2.73. The SMILES string of the molecule is CCOc1cc(/C=N\NC(=O)Nc2ccccc2C)cc(Cl)c1OCC. The third-order valence-electron chi connectivity index (χ3n) is 3.39. The van der Waals surface area contributed by atoms with Crippen LogP contribution in [0.5, 0.6) is 11.5 Å². The number of hydrazone groups is 1. The van der Waals surface area contributed by atoms with E-state index in [0.29, 0.717) is 35.3 Å². The Morgan fingerprint density at radius 2 is 1.92 bits per heavy atom. The first-order valence-corrected chi connectivity index (χ1v) is 8.67. The number of rotatable bonds is 7. The van der Waals surface area contributed by atoms with Gasteiger partial charge in [0.15, 0.2) is 11.5 Å². The largest absolute Gasteiger partial charge is 0.490 e.